The molecule has 146 valence electrons. The molecule has 0 radical (unpaired) electrons. The van der Waals surface area contributed by atoms with Crippen LogP contribution < -0.4 is 20.5 Å². The summed E-state index contributed by atoms with van der Waals surface area (Å²) in [7, 11) is 0. The van der Waals surface area contributed by atoms with Crippen molar-refractivity contribution in [3.8, 4) is 5.75 Å². The Bertz CT molecular complexity index is 864. The van der Waals surface area contributed by atoms with Gasteiger partial charge in [0.15, 0.2) is 6.61 Å². The fraction of sp³-hybridized carbons (Fsp3) is 0.286. The molecule has 1 aliphatic heterocycles. The van der Waals surface area contributed by atoms with E-state index in [2.05, 4.69) is 10.9 Å². The van der Waals surface area contributed by atoms with Gasteiger partial charge in [0, 0.05) is 24.2 Å². The number of hydrogen-bond donors (Lipinski definition) is 2. The second-order valence-corrected chi connectivity index (χ2v) is 6.45. The largest absolute Gasteiger partial charge is 0.483 e. The molecule has 28 heavy (non-hydrogen) atoms. The molecule has 1 saturated heterocycles. The third-order valence-electron chi connectivity index (χ3n) is 4.54. The van der Waals surface area contributed by atoms with E-state index in [9.17, 15) is 14.4 Å². The van der Waals surface area contributed by atoms with Gasteiger partial charge in [-0.1, -0.05) is 25.1 Å². The van der Waals surface area contributed by atoms with E-state index < -0.39 is 11.8 Å². The Morgan fingerprint density at radius 1 is 1.07 bits per heavy atom. The van der Waals surface area contributed by atoms with Crippen molar-refractivity contribution in [1.82, 2.24) is 10.9 Å². The van der Waals surface area contributed by atoms with Gasteiger partial charge >= 0.3 is 0 Å². The van der Waals surface area contributed by atoms with Gasteiger partial charge in [-0.25, -0.2) is 0 Å². The molecule has 1 aliphatic rings. The first-order valence-corrected chi connectivity index (χ1v) is 9.29. The van der Waals surface area contributed by atoms with Gasteiger partial charge in [0.1, 0.15) is 5.75 Å². The van der Waals surface area contributed by atoms with Crippen LogP contribution in [0.2, 0.25) is 0 Å². The molecule has 2 N–H and O–H groups in total. The number of hydrogen-bond acceptors (Lipinski definition) is 4. The number of hydrazine groups is 1. The van der Waals surface area contributed by atoms with Crippen LogP contribution in [0.15, 0.2) is 48.5 Å². The Morgan fingerprint density at radius 3 is 2.50 bits per heavy atom. The summed E-state index contributed by atoms with van der Waals surface area (Å²) in [6.07, 6.45) is 2.20. The van der Waals surface area contributed by atoms with Crippen molar-refractivity contribution in [1.29, 1.82) is 0 Å². The standard InChI is InChI=1S/C21H23N3O4/c1-2-15-6-3-4-7-18(15)28-14-19(25)22-23-21(27)16-9-11-17(12-10-16)24-13-5-8-20(24)26/h3-4,6-7,9-12H,2,5,8,13-14H2,1H3,(H,22,25)(H,23,27). The highest BCUT2D eigenvalue weighted by Crippen LogP contribution is 2.21. The lowest BCUT2D eigenvalue weighted by Gasteiger charge is -2.16. The van der Waals surface area contributed by atoms with Gasteiger partial charge in [0.25, 0.3) is 11.8 Å². The summed E-state index contributed by atoms with van der Waals surface area (Å²) >= 11 is 0. The zero-order chi connectivity index (χ0) is 19.9. The van der Waals surface area contributed by atoms with Crippen molar-refractivity contribution in [2.45, 2.75) is 26.2 Å². The number of carbonyl (C=O) groups is 3. The molecule has 0 saturated carbocycles. The van der Waals surface area contributed by atoms with Crippen LogP contribution in [-0.2, 0) is 16.0 Å². The summed E-state index contributed by atoms with van der Waals surface area (Å²) in [5.41, 5.74) is 6.86. The van der Waals surface area contributed by atoms with Gasteiger partial charge in [-0.2, -0.15) is 0 Å². The SMILES string of the molecule is CCc1ccccc1OCC(=O)NNC(=O)c1ccc(N2CCCC2=O)cc1. The lowest BCUT2D eigenvalue weighted by molar-refractivity contribution is -0.123. The van der Waals surface area contributed by atoms with Crippen LogP contribution >= 0.6 is 0 Å². The lowest BCUT2D eigenvalue weighted by atomic mass is 10.1. The molecule has 0 aromatic heterocycles. The maximum atomic E-state index is 12.2. The normalized spacial score (nSPS) is 13.3. The minimum atomic E-state index is -0.460. The smallest absolute Gasteiger partial charge is 0.276 e. The predicted molar refractivity (Wildman–Crippen MR) is 105 cm³/mol. The monoisotopic (exact) mass is 381 g/mol. The maximum absolute atomic E-state index is 12.2. The molecular formula is C21H23N3O4. The summed E-state index contributed by atoms with van der Waals surface area (Å²) in [6.45, 7) is 2.50. The van der Waals surface area contributed by atoms with Crippen LogP contribution in [-0.4, -0.2) is 30.9 Å². The molecule has 0 unspecified atom stereocenters. The highest BCUT2D eigenvalue weighted by Gasteiger charge is 2.21. The van der Waals surface area contributed by atoms with Crippen LogP contribution in [0.5, 0.6) is 5.75 Å². The fourth-order valence-corrected chi connectivity index (χ4v) is 3.03. The molecule has 0 atom stereocenters. The van der Waals surface area contributed by atoms with E-state index in [1.54, 1.807) is 35.2 Å². The van der Waals surface area contributed by atoms with Crippen LogP contribution in [0.4, 0.5) is 5.69 Å². The Morgan fingerprint density at radius 2 is 1.82 bits per heavy atom. The van der Waals surface area contributed by atoms with E-state index in [0.717, 1.165) is 24.1 Å². The van der Waals surface area contributed by atoms with E-state index in [4.69, 9.17) is 4.74 Å². The summed E-state index contributed by atoms with van der Waals surface area (Å²) in [5, 5.41) is 0. The first-order chi connectivity index (χ1) is 13.6. The van der Waals surface area contributed by atoms with Crippen molar-refractivity contribution in [3.05, 3.63) is 59.7 Å². The molecule has 3 amide bonds. The van der Waals surface area contributed by atoms with Crippen LogP contribution in [0.3, 0.4) is 0 Å². The van der Waals surface area contributed by atoms with Gasteiger partial charge in [0.05, 0.1) is 0 Å². The van der Waals surface area contributed by atoms with Gasteiger partial charge in [-0.05, 0) is 48.7 Å². The molecule has 0 bridgehead atoms. The molecule has 0 aliphatic carbocycles. The first kappa shape index (κ1) is 19.4. The number of amides is 3. The summed E-state index contributed by atoms with van der Waals surface area (Å²) in [6, 6.07) is 14.2. The van der Waals surface area contributed by atoms with Gasteiger partial charge in [0.2, 0.25) is 5.91 Å². The Balaban J connectivity index is 1.48. The lowest BCUT2D eigenvalue weighted by Crippen LogP contribution is -2.43. The molecule has 7 heteroatoms. The Labute approximate surface area is 163 Å². The Kier molecular flexibility index (Phi) is 6.26. The van der Waals surface area contributed by atoms with Crippen LogP contribution in [0.25, 0.3) is 0 Å². The van der Waals surface area contributed by atoms with Gasteiger partial charge < -0.3 is 9.64 Å². The fourth-order valence-electron chi connectivity index (χ4n) is 3.03. The van der Waals surface area contributed by atoms with Crippen LogP contribution in [0, 0.1) is 0 Å². The molecule has 3 rings (SSSR count). The summed E-state index contributed by atoms with van der Waals surface area (Å²) < 4.78 is 5.51. The van der Waals surface area contributed by atoms with Crippen molar-refractivity contribution in [2.24, 2.45) is 0 Å². The molecule has 2 aromatic rings. The maximum Gasteiger partial charge on any atom is 0.276 e. The Hall–Kier alpha value is -3.35. The van der Waals surface area contributed by atoms with E-state index in [-0.39, 0.29) is 12.5 Å². The first-order valence-electron chi connectivity index (χ1n) is 9.29. The van der Waals surface area contributed by atoms with Gasteiger partial charge in [-0.3, -0.25) is 25.2 Å². The van der Waals surface area contributed by atoms with Gasteiger partial charge in [-0.15, -0.1) is 0 Å². The number of anilines is 1. The molecule has 2 aromatic carbocycles. The van der Waals surface area contributed by atoms with Crippen LogP contribution in [0.1, 0.15) is 35.7 Å². The van der Waals surface area contributed by atoms with E-state index in [0.29, 0.717) is 24.3 Å². The minimum Gasteiger partial charge on any atom is -0.483 e. The zero-order valence-electron chi connectivity index (χ0n) is 15.7. The number of nitrogens with zero attached hydrogens (tertiary/aromatic N) is 1. The highest BCUT2D eigenvalue weighted by molar-refractivity contribution is 5.98. The number of para-hydroxylation sites is 1. The number of rotatable bonds is 6. The number of ether oxygens (including phenoxy) is 1. The van der Waals surface area contributed by atoms with E-state index in [1.165, 1.54) is 0 Å². The van der Waals surface area contributed by atoms with Crippen molar-refractivity contribution < 1.29 is 19.1 Å². The molecule has 1 fully saturated rings. The second kappa shape index (κ2) is 9.03. The topological polar surface area (TPSA) is 87.7 Å². The summed E-state index contributed by atoms with van der Waals surface area (Å²) in [5.74, 6) is -0.159. The average Bonchev–Trinajstić information content (AvgIpc) is 3.16. The minimum absolute atomic E-state index is 0.0918. The summed E-state index contributed by atoms with van der Waals surface area (Å²) in [4.78, 5) is 37.6. The number of nitrogens with one attached hydrogen (secondary N) is 2. The highest BCUT2D eigenvalue weighted by atomic mass is 16.5. The van der Waals surface area contributed by atoms with E-state index in [1.807, 2.05) is 25.1 Å². The average molecular weight is 381 g/mol. The molecular weight excluding hydrogens is 358 g/mol. The van der Waals surface area contributed by atoms with Crippen molar-refractivity contribution in [2.75, 3.05) is 18.1 Å². The molecule has 1 heterocycles. The molecule has 0 spiro atoms. The zero-order valence-corrected chi connectivity index (χ0v) is 15.7. The third kappa shape index (κ3) is 4.68. The quantitative estimate of drug-likeness (QED) is 0.751. The predicted octanol–water partition coefficient (Wildman–Crippen LogP) is 2.22. The second-order valence-electron chi connectivity index (χ2n) is 6.45. The number of carbonyl (C=O) groups excluding carboxylic acids is 3. The van der Waals surface area contributed by atoms with E-state index >= 15 is 0 Å². The number of benzene rings is 2. The third-order valence-corrected chi connectivity index (χ3v) is 4.54. The molecule has 7 nitrogen and oxygen atoms in total. The van der Waals surface area contributed by atoms with Crippen molar-refractivity contribution in [3.63, 3.8) is 0 Å². The number of aryl methyl sites for hydroxylation is 1. The van der Waals surface area contributed by atoms with Crippen molar-refractivity contribution >= 4 is 23.4 Å².